The molecule has 2 aromatic rings. The molecule has 0 radical (unpaired) electrons. The van der Waals surface area contributed by atoms with Crippen molar-refractivity contribution in [2.45, 2.75) is 25.4 Å². The predicted octanol–water partition coefficient (Wildman–Crippen LogP) is -0.582. The fraction of sp³-hybridized carbons (Fsp3) is 0.389. The lowest BCUT2D eigenvalue weighted by Gasteiger charge is -2.31. The summed E-state index contributed by atoms with van der Waals surface area (Å²) in [6, 6.07) is 7.24. The Bertz CT molecular complexity index is 1100. The van der Waals surface area contributed by atoms with Gasteiger partial charge in [0, 0.05) is 0 Å². The van der Waals surface area contributed by atoms with Crippen LogP contribution in [-0.2, 0) is 16.7 Å². The second-order valence-electron chi connectivity index (χ2n) is 6.74. The van der Waals surface area contributed by atoms with Crippen LogP contribution >= 0.6 is 0 Å². The number of quaternary nitrogens is 1. The van der Waals surface area contributed by atoms with Gasteiger partial charge >= 0.3 is 0 Å². The van der Waals surface area contributed by atoms with Crippen LogP contribution in [0.2, 0.25) is 0 Å². The van der Waals surface area contributed by atoms with Crippen molar-refractivity contribution < 1.29 is 17.7 Å². The van der Waals surface area contributed by atoms with E-state index in [2.05, 4.69) is 5.10 Å². The van der Waals surface area contributed by atoms with Gasteiger partial charge in [-0.3, -0.25) is 4.79 Å². The highest BCUT2D eigenvalue weighted by atomic mass is 32.2. The van der Waals surface area contributed by atoms with Crippen molar-refractivity contribution in [3.63, 3.8) is 0 Å². The summed E-state index contributed by atoms with van der Waals surface area (Å²) in [7, 11) is -3.90. The number of nitriles is 1. The molecule has 3 rings (SSSR count). The molecule has 8 nitrogen and oxygen atoms in total. The van der Waals surface area contributed by atoms with Crippen LogP contribution in [0.4, 0.5) is 4.39 Å². The van der Waals surface area contributed by atoms with Crippen LogP contribution in [0.3, 0.4) is 0 Å². The third-order valence-electron chi connectivity index (χ3n) is 5.01. The van der Waals surface area contributed by atoms with E-state index in [0.717, 1.165) is 11.0 Å². The molecule has 1 N–H and O–H groups in total. The van der Waals surface area contributed by atoms with E-state index < -0.39 is 21.4 Å². The number of hydrogen-bond donors (Lipinski definition) is 1. The molecule has 10 heteroatoms. The Morgan fingerprint density at radius 2 is 1.89 bits per heavy atom. The Hall–Kier alpha value is -2.61. The van der Waals surface area contributed by atoms with Gasteiger partial charge in [-0.2, -0.15) is 19.3 Å². The Morgan fingerprint density at radius 3 is 2.50 bits per heavy atom. The van der Waals surface area contributed by atoms with E-state index in [1.807, 2.05) is 6.07 Å². The van der Waals surface area contributed by atoms with Crippen LogP contribution in [0, 0.1) is 31.0 Å². The molecule has 148 valence electrons. The number of hydrogen-bond acceptors (Lipinski definition) is 5. The van der Waals surface area contributed by atoms with E-state index in [4.69, 9.17) is 0 Å². The molecule has 0 amide bonds. The lowest BCUT2D eigenvalue weighted by molar-refractivity contribution is -0.927. The number of nitrogens with zero attached hydrogens (tertiary/aromatic N) is 4. The summed E-state index contributed by atoms with van der Waals surface area (Å²) < 4.78 is 41.8. The van der Waals surface area contributed by atoms with Crippen LogP contribution in [0.25, 0.3) is 0 Å². The van der Waals surface area contributed by atoms with Crippen molar-refractivity contribution in [1.82, 2.24) is 14.1 Å². The summed E-state index contributed by atoms with van der Waals surface area (Å²) in [5.74, 6) is -0.771. The van der Waals surface area contributed by atoms with Gasteiger partial charge in [0.1, 0.15) is 22.3 Å². The quantitative estimate of drug-likeness (QED) is 0.732. The average Bonchev–Trinajstić information content (AvgIpc) is 2.67. The first-order chi connectivity index (χ1) is 13.3. The molecule has 1 saturated heterocycles. The van der Waals surface area contributed by atoms with Crippen molar-refractivity contribution >= 4 is 10.0 Å². The predicted molar refractivity (Wildman–Crippen MR) is 98.5 cm³/mol. The fourth-order valence-electron chi connectivity index (χ4n) is 3.22. The van der Waals surface area contributed by atoms with Gasteiger partial charge < -0.3 is 4.90 Å². The lowest BCUT2D eigenvalue weighted by atomic mass is 10.1. The highest BCUT2D eigenvalue weighted by Gasteiger charge is 2.32. The Labute approximate surface area is 162 Å². The summed E-state index contributed by atoms with van der Waals surface area (Å²) in [4.78, 5) is 13.0. The zero-order chi connectivity index (χ0) is 20.5. The van der Waals surface area contributed by atoms with Gasteiger partial charge in [0.15, 0.2) is 6.67 Å². The molecule has 0 saturated carbocycles. The average molecular weight is 406 g/mol. The number of benzene rings is 1. The van der Waals surface area contributed by atoms with Crippen molar-refractivity contribution in [2.24, 2.45) is 0 Å². The normalized spacial score (nSPS) is 16.1. The lowest BCUT2D eigenvalue weighted by Crippen LogP contribution is -3.14. The third-order valence-corrected chi connectivity index (χ3v) is 6.94. The fourth-order valence-corrected chi connectivity index (χ4v) is 4.72. The molecule has 0 atom stereocenters. The molecule has 2 heterocycles. The topological polar surface area (TPSA) is 100 Å². The maximum Gasteiger partial charge on any atom is 0.289 e. The van der Waals surface area contributed by atoms with E-state index in [1.54, 1.807) is 13.8 Å². The number of nitrogens with one attached hydrogen (secondary N) is 1. The summed E-state index contributed by atoms with van der Waals surface area (Å²) >= 11 is 0. The standard InChI is InChI=1S/C18H20FN5O3S/c1-13-14(2)21-24(18(25)15(13)11-20)12-22-7-9-23(10-8-22)28(26,27)17-6-4-3-5-16(17)19/h3-6H,7-10,12H2,1-2H3/p+1. The molecule has 28 heavy (non-hydrogen) atoms. The van der Waals surface area contributed by atoms with Gasteiger partial charge in [0.25, 0.3) is 5.56 Å². The summed E-state index contributed by atoms with van der Waals surface area (Å²) in [6.45, 7) is 4.95. The first kappa shape index (κ1) is 20.1. The minimum absolute atomic E-state index is 0.0765. The van der Waals surface area contributed by atoms with Crippen LogP contribution in [0.1, 0.15) is 16.8 Å². The smallest absolute Gasteiger partial charge is 0.289 e. The molecule has 1 aliphatic heterocycles. The minimum Gasteiger partial charge on any atom is -0.314 e. The molecular formula is C18H21FN5O3S+. The molecule has 1 aromatic heterocycles. The highest BCUT2D eigenvalue weighted by molar-refractivity contribution is 7.89. The number of piperazine rings is 1. The monoisotopic (exact) mass is 406 g/mol. The van der Waals surface area contributed by atoms with Gasteiger partial charge in [-0.15, -0.1) is 0 Å². The second-order valence-corrected chi connectivity index (χ2v) is 8.65. The summed E-state index contributed by atoms with van der Waals surface area (Å²) in [6.07, 6.45) is 0. The SMILES string of the molecule is Cc1nn(C[NH+]2CCN(S(=O)(=O)c3ccccc3F)CC2)c(=O)c(C#N)c1C. The van der Waals surface area contributed by atoms with Crippen molar-refractivity contribution in [1.29, 1.82) is 5.26 Å². The molecule has 0 unspecified atom stereocenters. The van der Waals surface area contributed by atoms with E-state index in [-0.39, 0.29) is 30.2 Å². The third kappa shape index (κ3) is 3.69. The van der Waals surface area contributed by atoms with E-state index in [0.29, 0.717) is 24.3 Å². The van der Waals surface area contributed by atoms with Gasteiger partial charge in [-0.1, -0.05) is 12.1 Å². The molecule has 0 aliphatic carbocycles. The van der Waals surface area contributed by atoms with Crippen molar-refractivity contribution in [3.05, 3.63) is 57.3 Å². The molecule has 0 bridgehead atoms. The van der Waals surface area contributed by atoms with Crippen LogP contribution in [-0.4, -0.2) is 48.7 Å². The van der Waals surface area contributed by atoms with Gasteiger partial charge in [-0.25, -0.2) is 12.8 Å². The van der Waals surface area contributed by atoms with Crippen molar-refractivity contribution in [2.75, 3.05) is 26.2 Å². The number of aryl methyl sites for hydroxylation is 1. The zero-order valence-electron chi connectivity index (χ0n) is 15.6. The Morgan fingerprint density at radius 1 is 1.25 bits per heavy atom. The largest absolute Gasteiger partial charge is 0.314 e. The number of sulfonamides is 1. The van der Waals surface area contributed by atoms with Gasteiger partial charge in [0.05, 0.1) is 31.9 Å². The van der Waals surface area contributed by atoms with E-state index in [9.17, 15) is 22.9 Å². The van der Waals surface area contributed by atoms with Crippen LogP contribution in [0.15, 0.2) is 34.0 Å². The van der Waals surface area contributed by atoms with E-state index in [1.165, 1.54) is 27.2 Å². The first-order valence-corrected chi connectivity index (χ1v) is 10.3. The second kappa shape index (κ2) is 7.79. The molecule has 1 fully saturated rings. The van der Waals surface area contributed by atoms with E-state index >= 15 is 0 Å². The summed E-state index contributed by atoms with van der Waals surface area (Å²) in [5.41, 5.74) is 0.808. The molecule has 1 aromatic carbocycles. The van der Waals surface area contributed by atoms with Gasteiger partial charge in [0.2, 0.25) is 10.0 Å². The number of halogens is 1. The molecular weight excluding hydrogens is 385 g/mol. The Balaban J connectivity index is 1.74. The number of aromatic nitrogens is 2. The molecule has 1 aliphatic rings. The van der Waals surface area contributed by atoms with Crippen molar-refractivity contribution in [3.8, 4) is 6.07 Å². The maximum atomic E-state index is 13.9. The maximum absolute atomic E-state index is 13.9. The zero-order valence-corrected chi connectivity index (χ0v) is 16.5. The number of rotatable bonds is 4. The Kier molecular flexibility index (Phi) is 5.60. The highest BCUT2D eigenvalue weighted by Crippen LogP contribution is 2.18. The van der Waals surface area contributed by atoms with Crippen LogP contribution in [0.5, 0.6) is 0 Å². The minimum atomic E-state index is -3.90. The summed E-state index contributed by atoms with van der Waals surface area (Å²) in [5, 5.41) is 13.5. The molecule has 0 spiro atoms. The first-order valence-electron chi connectivity index (χ1n) is 8.82. The van der Waals surface area contributed by atoms with Gasteiger partial charge in [-0.05, 0) is 31.5 Å². The van der Waals surface area contributed by atoms with Crippen LogP contribution < -0.4 is 10.5 Å².